The van der Waals surface area contributed by atoms with Gasteiger partial charge in [-0.3, -0.25) is 9.47 Å². The molecule has 0 spiro atoms. The molecule has 3 heterocycles. The highest BCUT2D eigenvalue weighted by atomic mass is 32.1. The minimum absolute atomic E-state index is 0.102. The van der Waals surface area contributed by atoms with E-state index in [0.717, 1.165) is 44.3 Å². The van der Waals surface area contributed by atoms with Gasteiger partial charge in [0.05, 0.1) is 30.5 Å². The molecule has 16 heteroatoms. The van der Waals surface area contributed by atoms with Crippen LogP contribution in [0.15, 0.2) is 53.5 Å². The molecule has 1 N–H and O–H groups in total. The Hall–Kier alpha value is -4.50. The largest absolute Gasteiger partial charge is 0.491 e. The zero-order valence-electron chi connectivity index (χ0n) is 34.5. The fourth-order valence-corrected chi connectivity index (χ4v) is 8.62. The number of carbonyl (C=O) groups is 1. The number of hydrogen-bond donors (Lipinski definition) is 1. The molecule has 0 aliphatic rings. The number of aliphatic hydroxyl groups is 1. The van der Waals surface area contributed by atoms with E-state index in [0.29, 0.717) is 68.0 Å². The molecule has 0 bridgehead atoms. The lowest BCUT2D eigenvalue weighted by Gasteiger charge is -2.21. The van der Waals surface area contributed by atoms with Crippen LogP contribution in [0.25, 0.3) is 10.2 Å². The predicted molar refractivity (Wildman–Crippen MR) is 233 cm³/mol. The fourth-order valence-electron chi connectivity index (χ4n) is 5.72. The third-order valence-corrected chi connectivity index (χ3v) is 12.8. The summed E-state index contributed by atoms with van der Waals surface area (Å²) in [7, 11) is 3.93. The quantitative estimate of drug-likeness (QED) is 0.0357. The molecule has 58 heavy (non-hydrogen) atoms. The molecule has 0 aliphatic heterocycles. The molecule has 0 saturated heterocycles. The van der Waals surface area contributed by atoms with Crippen LogP contribution in [0.1, 0.15) is 52.2 Å². The van der Waals surface area contributed by atoms with Crippen LogP contribution in [0.4, 0.5) is 21.2 Å². The number of esters is 1. The summed E-state index contributed by atoms with van der Waals surface area (Å²) in [5, 5.41) is 19.2. The number of aliphatic hydroxyl groups excluding tert-OH is 1. The van der Waals surface area contributed by atoms with Crippen LogP contribution in [-0.4, -0.2) is 97.9 Å². The number of thiazole rings is 2. The first kappa shape index (κ1) is 44.6. The molecular weight excluding hydrogens is 794 g/mol. The number of unbranched alkanes of at least 4 members (excludes halogenated alkanes) is 2. The van der Waals surface area contributed by atoms with Gasteiger partial charge in [-0.15, -0.1) is 21.5 Å². The topological polar surface area (TPSA) is 127 Å². The highest BCUT2D eigenvalue weighted by Gasteiger charge is 2.24. The molecule has 0 amide bonds. The number of carbonyl (C=O) groups excluding carboxylic acids is 1. The van der Waals surface area contributed by atoms with Gasteiger partial charge in [0.25, 0.3) is 0 Å². The van der Waals surface area contributed by atoms with Gasteiger partial charge in [-0.25, -0.2) is 14.2 Å². The van der Waals surface area contributed by atoms with Crippen LogP contribution in [0, 0.1) is 24.6 Å². The predicted octanol–water partition coefficient (Wildman–Crippen LogP) is 7.95. The van der Waals surface area contributed by atoms with E-state index in [1.54, 1.807) is 23.5 Å². The number of anilines is 2. The van der Waals surface area contributed by atoms with Crippen LogP contribution in [0.2, 0.25) is 25.7 Å². The Bertz CT molecular complexity index is 2280. The highest BCUT2D eigenvalue weighted by Crippen LogP contribution is 2.34. The number of fused-ring (bicyclic) bond motifs is 1. The van der Waals surface area contributed by atoms with Gasteiger partial charge in [-0.2, -0.15) is 4.99 Å². The summed E-state index contributed by atoms with van der Waals surface area (Å²) >= 11 is 2.95. The van der Waals surface area contributed by atoms with E-state index in [-0.39, 0.29) is 24.7 Å². The number of para-hydroxylation sites is 1. The van der Waals surface area contributed by atoms with Crippen LogP contribution in [-0.2, 0) is 22.6 Å². The van der Waals surface area contributed by atoms with Crippen molar-refractivity contribution >= 4 is 63.7 Å². The number of nitrogens with zero attached hydrogens (tertiary/aromatic N) is 7. The summed E-state index contributed by atoms with van der Waals surface area (Å²) in [5.41, 5.74) is 2.66. The second-order valence-electron chi connectivity index (χ2n) is 15.3. The Labute approximate surface area is 349 Å². The lowest BCUT2D eigenvalue weighted by atomic mass is 10.2. The molecule has 5 rings (SSSR count). The van der Waals surface area contributed by atoms with Gasteiger partial charge in [0.2, 0.25) is 0 Å². The van der Waals surface area contributed by atoms with Crippen molar-refractivity contribution in [2.75, 3.05) is 59.0 Å². The van der Waals surface area contributed by atoms with Gasteiger partial charge < -0.3 is 24.2 Å². The number of benzene rings is 2. The molecule has 5 aromatic rings. The summed E-state index contributed by atoms with van der Waals surface area (Å²) < 4.78 is 35.0. The number of rotatable bonds is 20. The zero-order chi connectivity index (χ0) is 41.7. The summed E-state index contributed by atoms with van der Waals surface area (Å²) in [6.45, 7) is 11.5. The minimum Gasteiger partial charge on any atom is -0.491 e. The first-order valence-corrected chi connectivity index (χ1v) is 24.8. The van der Waals surface area contributed by atoms with E-state index in [2.05, 4.69) is 58.4 Å². The van der Waals surface area contributed by atoms with Crippen molar-refractivity contribution in [3.8, 4) is 17.6 Å². The van der Waals surface area contributed by atoms with Gasteiger partial charge in [0, 0.05) is 38.3 Å². The number of aryl methyl sites for hydroxylation is 2. The lowest BCUT2D eigenvalue weighted by Crippen LogP contribution is -2.23. The van der Waals surface area contributed by atoms with E-state index in [4.69, 9.17) is 24.2 Å². The first-order valence-electron chi connectivity index (χ1n) is 19.4. The fraction of sp³-hybridized carbons (Fsp3) is 0.452. The molecule has 0 unspecified atom stereocenters. The maximum absolute atomic E-state index is 14.8. The number of methoxy groups -OCH3 is 1. The van der Waals surface area contributed by atoms with Crippen molar-refractivity contribution in [3.63, 3.8) is 0 Å². The van der Waals surface area contributed by atoms with Crippen molar-refractivity contribution < 1.29 is 28.5 Å². The second-order valence-corrected chi connectivity index (χ2v) is 23.0. The smallest absolute Gasteiger partial charge is 0.357 e. The molecule has 12 nitrogen and oxygen atoms in total. The number of halogens is 1. The van der Waals surface area contributed by atoms with Crippen molar-refractivity contribution in [1.29, 1.82) is 0 Å². The van der Waals surface area contributed by atoms with Crippen molar-refractivity contribution in [2.45, 2.75) is 71.4 Å². The zero-order valence-corrected chi connectivity index (χ0v) is 37.1. The number of hydrogen-bond acceptors (Lipinski definition) is 13. The molecule has 2 aromatic carbocycles. The van der Waals surface area contributed by atoms with Gasteiger partial charge in [-0.05, 0) is 101 Å². The lowest BCUT2D eigenvalue weighted by molar-refractivity contribution is 0.0593. The van der Waals surface area contributed by atoms with Crippen molar-refractivity contribution in [3.05, 3.63) is 80.8 Å². The average Bonchev–Trinajstić information content (AvgIpc) is 3.76. The Morgan fingerprint density at radius 2 is 1.84 bits per heavy atom. The summed E-state index contributed by atoms with van der Waals surface area (Å²) in [6, 6.07) is 15.9. The number of ether oxygens (including phenoxy) is 3. The van der Waals surface area contributed by atoms with E-state index in [1.807, 2.05) is 49.0 Å². The highest BCUT2D eigenvalue weighted by molar-refractivity contribution is 7.16. The molecule has 0 radical (unpaired) electrons. The summed E-state index contributed by atoms with van der Waals surface area (Å²) in [5.74, 6) is 6.12. The van der Waals surface area contributed by atoms with Crippen LogP contribution in [0.5, 0.6) is 5.75 Å². The molecule has 310 valence electrons. The van der Waals surface area contributed by atoms with E-state index in [1.165, 1.54) is 24.5 Å². The Morgan fingerprint density at radius 3 is 2.57 bits per heavy atom. The minimum atomic E-state index is -1.24. The molecule has 0 atom stereocenters. The van der Waals surface area contributed by atoms with Crippen LogP contribution in [0.3, 0.4) is 0 Å². The normalized spacial score (nSPS) is 11.9. The van der Waals surface area contributed by atoms with E-state index >= 15 is 0 Å². The van der Waals surface area contributed by atoms with Gasteiger partial charge >= 0.3 is 5.97 Å². The monoisotopic (exact) mass is 847 g/mol. The Morgan fingerprint density at radius 1 is 1.03 bits per heavy atom. The average molecular weight is 848 g/mol. The van der Waals surface area contributed by atoms with Gasteiger partial charge in [0.15, 0.2) is 38.8 Å². The Kier molecular flexibility index (Phi) is 16.5. The van der Waals surface area contributed by atoms with E-state index in [9.17, 15) is 14.3 Å². The van der Waals surface area contributed by atoms with Gasteiger partial charge in [-0.1, -0.05) is 55.0 Å². The van der Waals surface area contributed by atoms with Crippen LogP contribution < -0.4 is 14.4 Å². The Balaban J connectivity index is 1.37. The van der Waals surface area contributed by atoms with Gasteiger partial charge in [0.1, 0.15) is 6.73 Å². The first-order chi connectivity index (χ1) is 27.9. The molecule has 3 aromatic heterocycles. The molecule has 0 aliphatic carbocycles. The molecular formula is C42H54FN7O5S2Si. The van der Waals surface area contributed by atoms with Crippen molar-refractivity contribution in [1.82, 2.24) is 24.6 Å². The maximum Gasteiger partial charge on any atom is 0.357 e. The SMILES string of the molecule is COC(=O)c1nc(N(CCCCCO)c2cc(C)c(N=c3sc4ccccc4n3COCC[Si](C)(C)C)nn2)sc1CCCOc1ccc(C#CCN(C)C)cc1F. The second kappa shape index (κ2) is 21.5. The van der Waals surface area contributed by atoms with Crippen molar-refractivity contribution in [2.24, 2.45) is 4.99 Å². The molecule has 0 saturated carbocycles. The number of aromatic nitrogens is 4. The van der Waals surface area contributed by atoms with Crippen LogP contribution >= 0.6 is 22.7 Å². The third kappa shape index (κ3) is 12.7. The summed E-state index contributed by atoms with van der Waals surface area (Å²) in [6.07, 6.45) is 3.15. The van der Waals surface area contributed by atoms with E-state index < -0.39 is 19.9 Å². The maximum atomic E-state index is 14.8. The summed E-state index contributed by atoms with van der Waals surface area (Å²) in [4.78, 5) is 28.1. The molecule has 0 fully saturated rings. The third-order valence-electron chi connectivity index (χ3n) is 8.93. The standard InChI is InChI=1S/C42H54FN7O5S2Si/c1-30-27-37(46-47-39(30)45-42-50(29-54-25-26-58(5,6)7)33-16-9-10-17-35(33)56-42)49(22-11-8-12-23-51)41-44-38(40(52)53-4)36(57-41)18-14-24-55-34-20-19-31(28-32(34)43)15-13-21-48(2)3/h9-10,16-17,19-20,27-28,51H,8,11-12,14,18,21-26,29H2,1-7H3.